The molecule has 1 aliphatic rings. The van der Waals surface area contributed by atoms with Crippen molar-refractivity contribution in [3.63, 3.8) is 0 Å². The molecule has 7 nitrogen and oxygen atoms in total. The zero-order valence-electron chi connectivity index (χ0n) is 15.0. The molecule has 1 fully saturated rings. The Morgan fingerprint density at radius 2 is 2.07 bits per heavy atom. The van der Waals surface area contributed by atoms with E-state index in [0.29, 0.717) is 22.2 Å². The number of amides is 1. The Morgan fingerprint density at radius 3 is 2.75 bits per heavy atom. The maximum absolute atomic E-state index is 13.8. The van der Waals surface area contributed by atoms with E-state index in [4.69, 9.17) is 9.57 Å². The number of ether oxygens (including phenoxy) is 1. The van der Waals surface area contributed by atoms with Crippen LogP contribution in [0.2, 0.25) is 0 Å². The monoisotopic (exact) mass is 400 g/mol. The van der Waals surface area contributed by atoms with Gasteiger partial charge in [0, 0.05) is 11.5 Å². The molecule has 144 valence electrons. The number of aromatic nitrogens is 3. The number of nitrogens with one attached hydrogen (secondary N) is 1. The third-order valence-corrected chi connectivity index (χ3v) is 5.11. The lowest BCUT2D eigenvalue weighted by atomic mass is 9.85. The molecule has 1 aromatic carbocycles. The zero-order valence-corrected chi connectivity index (χ0v) is 15.8. The highest BCUT2D eigenvalue weighted by atomic mass is 32.1. The Kier molecular flexibility index (Phi) is 5.16. The van der Waals surface area contributed by atoms with Crippen molar-refractivity contribution in [2.75, 3.05) is 0 Å². The van der Waals surface area contributed by atoms with Crippen molar-refractivity contribution >= 4 is 17.2 Å². The fraction of sp³-hybridized carbons (Fsp3) is 0.263. The lowest BCUT2D eigenvalue weighted by Gasteiger charge is -2.23. The van der Waals surface area contributed by atoms with Crippen molar-refractivity contribution in [1.82, 2.24) is 20.7 Å². The highest BCUT2D eigenvalue weighted by Crippen LogP contribution is 2.33. The molecule has 0 atom stereocenters. The average Bonchev–Trinajstić information content (AvgIpc) is 3.14. The van der Waals surface area contributed by atoms with E-state index in [-0.39, 0.29) is 17.6 Å². The summed E-state index contributed by atoms with van der Waals surface area (Å²) < 4.78 is 19.4. The van der Waals surface area contributed by atoms with Gasteiger partial charge in [-0.25, -0.2) is 4.98 Å². The summed E-state index contributed by atoms with van der Waals surface area (Å²) in [6.45, 7) is 1.86. The minimum Gasteiger partial charge on any atom is -0.430 e. The van der Waals surface area contributed by atoms with Gasteiger partial charge in [-0.1, -0.05) is 22.9 Å². The molecular formula is C19H17FN4O3S. The number of aryl methyl sites for hydroxylation is 1. The molecule has 1 saturated carbocycles. The average molecular weight is 400 g/mol. The van der Waals surface area contributed by atoms with Crippen molar-refractivity contribution in [3.05, 3.63) is 47.4 Å². The highest BCUT2D eigenvalue weighted by molar-refractivity contribution is 7.11. The van der Waals surface area contributed by atoms with Crippen LogP contribution in [0.5, 0.6) is 16.7 Å². The summed E-state index contributed by atoms with van der Waals surface area (Å²) >= 11 is 1.28. The van der Waals surface area contributed by atoms with Gasteiger partial charge < -0.3 is 9.57 Å². The third kappa shape index (κ3) is 3.94. The molecule has 3 aromatic rings. The molecule has 0 bridgehead atoms. The summed E-state index contributed by atoms with van der Waals surface area (Å²) in [4.78, 5) is 21.4. The van der Waals surface area contributed by atoms with Crippen LogP contribution in [0.1, 0.15) is 24.8 Å². The summed E-state index contributed by atoms with van der Waals surface area (Å²) in [6, 6.07) is 7.92. The SMILES string of the molecule is Cc1cc(-c2nc(F)ccc2ONC(=O)C2CCC2)ccc1Oc1nncs1. The molecule has 1 aliphatic carbocycles. The van der Waals surface area contributed by atoms with Crippen LogP contribution < -0.4 is 15.1 Å². The molecule has 1 amide bonds. The maximum atomic E-state index is 13.8. The third-order valence-electron chi connectivity index (χ3n) is 4.55. The topological polar surface area (TPSA) is 86.2 Å². The number of pyridine rings is 1. The summed E-state index contributed by atoms with van der Waals surface area (Å²) in [7, 11) is 0. The minimum atomic E-state index is -0.639. The molecule has 0 unspecified atom stereocenters. The lowest BCUT2D eigenvalue weighted by molar-refractivity contribution is -0.134. The maximum Gasteiger partial charge on any atom is 0.299 e. The van der Waals surface area contributed by atoms with Crippen LogP contribution in [0.4, 0.5) is 4.39 Å². The molecule has 2 heterocycles. The molecule has 28 heavy (non-hydrogen) atoms. The van der Waals surface area contributed by atoms with E-state index in [0.717, 1.165) is 24.8 Å². The molecule has 9 heteroatoms. The lowest BCUT2D eigenvalue weighted by Crippen LogP contribution is -2.36. The first-order chi connectivity index (χ1) is 13.6. The van der Waals surface area contributed by atoms with Gasteiger partial charge in [0.2, 0.25) is 5.95 Å². The highest BCUT2D eigenvalue weighted by Gasteiger charge is 2.26. The van der Waals surface area contributed by atoms with E-state index < -0.39 is 5.95 Å². The number of rotatable bonds is 6. The Labute approximate surface area is 164 Å². The van der Waals surface area contributed by atoms with Crippen molar-refractivity contribution in [1.29, 1.82) is 0 Å². The van der Waals surface area contributed by atoms with Gasteiger partial charge in [0.25, 0.3) is 11.1 Å². The predicted octanol–water partition coefficient (Wildman–Crippen LogP) is 4.05. The second kappa shape index (κ2) is 7.89. The summed E-state index contributed by atoms with van der Waals surface area (Å²) in [5.74, 6) is 0.0535. The largest absolute Gasteiger partial charge is 0.430 e. The van der Waals surface area contributed by atoms with Gasteiger partial charge in [0.05, 0.1) is 0 Å². The Bertz CT molecular complexity index is 993. The predicted molar refractivity (Wildman–Crippen MR) is 100 cm³/mol. The van der Waals surface area contributed by atoms with Crippen LogP contribution in [0.25, 0.3) is 11.3 Å². The van der Waals surface area contributed by atoms with Gasteiger partial charge >= 0.3 is 0 Å². The van der Waals surface area contributed by atoms with Gasteiger partial charge in [0.15, 0.2) is 5.75 Å². The number of hydrogen-bond donors (Lipinski definition) is 1. The smallest absolute Gasteiger partial charge is 0.299 e. The minimum absolute atomic E-state index is 0.0177. The molecule has 1 N–H and O–H groups in total. The molecule has 0 radical (unpaired) electrons. The summed E-state index contributed by atoms with van der Waals surface area (Å²) in [5.41, 5.74) is 5.76. The number of benzene rings is 1. The van der Waals surface area contributed by atoms with E-state index >= 15 is 0 Å². The number of hydrogen-bond acceptors (Lipinski definition) is 7. The number of halogens is 1. The molecule has 0 spiro atoms. The van der Waals surface area contributed by atoms with E-state index in [1.807, 2.05) is 6.92 Å². The standard InChI is InChI=1S/C19H17FN4O3S/c1-11-9-13(5-6-14(11)26-19-23-21-10-28-19)17-15(7-8-16(20)22-17)27-24-18(25)12-3-2-4-12/h5-10,12H,2-4H2,1H3,(H,24,25). The summed E-state index contributed by atoms with van der Waals surface area (Å²) in [5, 5.41) is 8.02. The molecule has 0 saturated heterocycles. The fourth-order valence-corrected chi connectivity index (χ4v) is 3.20. The zero-order chi connectivity index (χ0) is 19.5. The van der Waals surface area contributed by atoms with Crippen LogP contribution in [-0.2, 0) is 4.79 Å². The van der Waals surface area contributed by atoms with Crippen molar-refractivity contribution < 1.29 is 18.8 Å². The van der Waals surface area contributed by atoms with Crippen LogP contribution in [0, 0.1) is 18.8 Å². The quantitative estimate of drug-likeness (QED) is 0.496. The first-order valence-corrected chi connectivity index (χ1v) is 9.66. The molecule has 4 rings (SSSR count). The number of nitrogens with zero attached hydrogens (tertiary/aromatic N) is 3. The van der Waals surface area contributed by atoms with E-state index in [1.165, 1.54) is 23.5 Å². The number of carbonyl (C=O) groups excluding carboxylic acids is 1. The second-order valence-corrected chi connectivity index (χ2v) is 7.26. The first kappa shape index (κ1) is 18.3. The van der Waals surface area contributed by atoms with Crippen LogP contribution >= 0.6 is 11.3 Å². The van der Waals surface area contributed by atoms with Gasteiger partial charge in [-0.15, -0.1) is 5.10 Å². The van der Waals surface area contributed by atoms with Gasteiger partial charge in [0.1, 0.15) is 17.0 Å². The van der Waals surface area contributed by atoms with Gasteiger partial charge in [-0.3, -0.25) is 4.79 Å². The van der Waals surface area contributed by atoms with E-state index in [1.54, 1.807) is 23.7 Å². The Morgan fingerprint density at radius 1 is 1.25 bits per heavy atom. The number of carbonyl (C=O) groups is 1. The van der Waals surface area contributed by atoms with Crippen molar-refractivity contribution in [2.45, 2.75) is 26.2 Å². The normalized spacial score (nSPS) is 13.6. The second-order valence-electron chi connectivity index (χ2n) is 6.46. The van der Waals surface area contributed by atoms with Gasteiger partial charge in [-0.05, 0) is 55.7 Å². The fourth-order valence-electron chi connectivity index (χ4n) is 2.78. The Hall–Kier alpha value is -3.07. The van der Waals surface area contributed by atoms with Crippen LogP contribution in [-0.4, -0.2) is 21.1 Å². The van der Waals surface area contributed by atoms with Crippen molar-refractivity contribution in [3.8, 4) is 28.0 Å². The van der Waals surface area contributed by atoms with Gasteiger partial charge in [-0.2, -0.15) is 9.87 Å². The van der Waals surface area contributed by atoms with Crippen LogP contribution in [0.15, 0.2) is 35.8 Å². The van der Waals surface area contributed by atoms with E-state index in [9.17, 15) is 9.18 Å². The molecule has 0 aliphatic heterocycles. The van der Waals surface area contributed by atoms with Crippen molar-refractivity contribution in [2.24, 2.45) is 5.92 Å². The van der Waals surface area contributed by atoms with E-state index in [2.05, 4.69) is 20.7 Å². The Balaban J connectivity index is 1.56. The number of hydroxylamine groups is 1. The summed E-state index contributed by atoms with van der Waals surface area (Å²) in [6.07, 6.45) is 2.77. The molecular weight excluding hydrogens is 383 g/mol. The first-order valence-electron chi connectivity index (χ1n) is 8.78. The van der Waals surface area contributed by atoms with Crippen LogP contribution in [0.3, 0.4) is 0 Å². The molecule has 2 aromatic heterocycles.